The quantitative estimate of drug-likeness (QED) is 0.793. The first-order chi connectivity index (χ1) is 12.2. The predicted molar refractivity (Wildman–Crippen MR) is 106 cm³/mol. The fraction of sp³-hybridized carbons (Fsp3) is 0.650. The number of ether oxygens (including phenoxy) is 1. The van der Waals surface area contributed by atoms with Gasteiger partial charge in [0.2, 0.25) is 0 Å². The summed E-state index contributed by atoms with van der Waals surface area (Å²) in [5, 5.41) is 3.16. The van der Waals surface area contributed by atoms with Gasteiger partial charge in [0.05, 0.1) is 4.58 Å². The summed E-state index contributed by atoms with van der Waals surface area (Å²) in [5.74, 6) is 5.66. The van der Waals surface area contributed by atoms with Crippen LogP contribution in [0.25, 0.3) is 0 Å². The van der Waals surface area contributed by atoms with E-state index in [1.807, 2.05) is 35.7 Å². The van der Waals surface area contributed by atoms with Crippen LogP contribution in [0.1, 0.15) is 42.8 Å². The van der Waals surface area contributed by atoms with Gasteiger partial charge in [-0.3, -0.25) is 4.79 Å². The van der Waals surface area contributed by atoms with Crippen LogP contribution in [0, 0.1) is 17.8 Å². The summed E-state index contributed by atoms with van der Waals surface area (Å²) in [6.07, 6.45) is 5.44. The van der Waals surface area contributed by atoms with E-state index in [-0.39, 0.29) is 18.6 Å². The van der Waals surface area contributed by atoms with Gasteiger partial charge in [-0.05, 0) is 61.6 Å². The van der Waals surface area contributed by atoms with E-state index in [2.05, 4.69) is 24.4 Å². The molecule has 2 saturated carbocycles. The van der Waals surface area contributed by atoms with Gasteiger partial charge in [0.1, 0.15) is 5.75 Å². The molecule has 25 heavy (non-hydrogen) atoms. The summed E-state index contributed by atoms with van der Waals surface area (Å²) in [6.45, 7) is 2.27. The topological polar surface area (TPSA) is 38.3 Å². The minimum absolute atomic E-state index is 0.00116. The number of carbonyl (C=O) groups is 1. The van der Waals surface area contributed by atoms with E-state index in [0.29, 0.717) is 10.5 Å². The van der Waals surface area contributed by atoms with Crippen LogP contribution in [0.4, 0.5) is 0 Å². The van der Waals surface area contributed by atoms with Crippen LogP contribution < -0.4 is 10.1 Å². The van der Waals surface area contributed by atoms with Crippen LogP contribution in [0.3, 0.4) is 0 Å². The molecule has 0 radical (unpaired) electrons. The molecule has 0 aromatic heterocycles. The van der Waals surface area contributed by atoms with Crippen LogP contribution in [-0.2, 0) is 4.79 Å². The van der Waals surface area contributed by atoms with Crippen LogP contribution in [0.15, 0.2) is 24.3 Å². The van der Waals surface area contributed by atoms with E-state index in [9.17, 15) is 4.79 Å². The standard InChI is InChI=1S/C20H27NO2S2/c1-13(18-11-14-2-3-16(18)10-14)21-19(22)12-23-17-6-4-15(5-7-17)20-24-8-9-25-20/h4-7,13-14,16,18,20H,2-3,8-12H2,1H3,(H,21,22). The molecule has 1 aliphatic heterocycles. The van der Waals surface area contributed by atoms with Gasteiger partial charge in [-0.1, -0.05) is 18.6 Å². The number of benzene rings is 1. The monoisotopic (exact) mass is 377 g/mol. The fourth-order valence-corrected chi connectivity index (χ4v) is 7.59. The van der Waals surface area contributed by atoms with Crippen LogP contribution in [-0.4, -0.2) is 30.1 Å². The van der Waals surface area contributed by atoms with Crippen LogP contribution in [0.5, 0.6) is 5.75 Å². The van der Waals surface area contributed by atoms with Crippen molar-refractivity contribution in [1.29, 1.82) is 0 Å². The second-order valence-corrected chi connectivity index (χ2v) is 10.4. The molecular weight excluding hydrogens is 350 g/mol. The van der Waals surface area contributed by atoms with Gasteiger partial charge >= 0.3 is 0 Å². The third-order valence-corrected chi connectivity index (χ3v) is 9.07. The maximum absolute atomic E-state index is 12.2. The SMILES string of the molecule is CC(NC(=O)COc1ccc(C2SCCS2)cc1)C1CC2CCC1C2. The van der Waals surface area contributed by atoms with Gasteiger partial charge in [-0.15, -0.1) is 23.5 Å². The zero-order valence-electron chi connectivity index (χ0n) is 14.8. The maximum Gasteiger partial charge on any atom is 0.258 e. The molecule has 1 heterocycles. The molecule has 0 spiro atoms. The molecule has 3 aliphatic rings. The van der Waals surface area contributed by atoms with Crippen molar-refractivity contribution in [1.82, 2.24) is 5.32 Å². The predicted octanol–water partition coefficient (Wildman–Crippen LogP) is 4.48. The summed E-state index contributed by atoms with van der Waals surface area (Å²) < 4.78 is 6.24. The van der Waals surface area contributed by atoms with Crippen molar-refractivity contribution < 1.29 is 9.53 Å². The van der Waals surface area contributed by atoms with Crippen molar-refractivity contribution in [2.75, 3.05) is 18.1 Å². The highest BCUT2D eigenvalue weighted by molar-refractivity contribution is 8.19. The Morgan fingerprint density at radius 1 is 1.20 bits per heavy atom. The van der Waals surface area contributed by atoms with E-state index in [0.717, 1.165) is 17.6 Å². The lowest BCUT2D eigenvalue weighted by Gasteiger charge is -2.28. The number of fused-ring (bicyclic) bond motifs is 2. The molecule has 1 aromatic rings. The summed E-state index contributed by atoms with van der Waals surface area (Å²) in [4.78, 5) is 12.2. The lowest BCUT2D eigenvalue weighted by Crippen LogP contribution is -2.42. The Morgan fingerprint density at radius 2 is 1.96 bits per heavy atom. The van der Waals surface area contributed by atoms with Gasteiger partial charge in [0, 0.05) is 17.5 Å². The molecule has 1 aromatic carbocycles. The third kappa shape index (κ3) is 4.13. The molecule has 2 bridgehead atoms. The molecule has 1 N–H and O–H groups in total. The molecule has 5 heteroatoms. The molecular formula is C20H27NO2S2. The molecule has 4 atom stereocenters. The van der Waals surface area contributed by atoms with Gasteiger partial charge in [0.15, 0.2) is 6.61 Å². The van der Waals surface area contributed by atoms with E-state index < -0.39 is 0 Å². The van der Waals surface area contributed by atoms with Crippen molar-refractivity contribution in [2.45, 2.75) is 43.2 Å². The first-order valence-corrected chi connectivity index (χ1v) is 11.5. The van der Waals surface area contributed by atoms with E-state index in [4.69, 9.17) is 4.74 Å². The second kappa shape index (κ2) is 7.83. The van der Waals surface area contributed by atoms with Crippen molar-refractivity contribution in [3.63, 3.8) is 0 Å². The second-order valence-electron chi connectivity index (χ2n) is 7.63. The maximum atomic E-state index is 12.2. The highest BCUT2D eigenvalue weighted by Crippen LogP contribution is 2.49. The minimum Gasteiger partial charge on any atom is -0.484 e. The number of nitrogens with one attached hydrogen (secondary N) is 1. The van der Waals surface area contributed by atoms with Gasteiger partial charge in [0.25, 0.3) is 5.91 Å². The normalized spacial score (nSPS) is 29.7. The number of amides is 1. The van der Waals surface area contributed by atoms with Gasteiger partial charge in [-0.2, -0.15) is 0 Å². The van der Waals surface area contributed by atoms with Gasteiger partial charge in [-0.25, -0.2) is 0 Å². The molecule has 1 amide bonds. The number of hydrogen-bond donors (Lipinski definition) is 1. The molecule has 3 nitrogen and oxygen atoms in total. The number of rotatable bonds is 6. The molecule has 136 valence electrons. The number of thioether (sulfide) groups is 2. The van der Waals surface area contributed by atoms with Crippen LogP contribution in [0.2, 0.25) is 0 Å². The lowest BCUT2D eigenvalue weighted by atomic mass is 9.84. The van der Waals surface area contributed by atoms with Crippen molar-refractivity contribution >= 4 is 29.4 Å². The summed E-state index contributed by atoms with van der Waals surface area (Å²) in [6, 6.07) is 8.50. The first kappa shape index (κ1) is 17.6. The molecule has 3 fully saturated rings. The van der Waals surface area contributed by atoms with Crippen molar-refractivity contribution in [3.05, 3.63) is 29.8 Å². The van der Waals surface area contributed by atoms with E-state index in [1.165, 1.54) is 42.8 Å². The minimum atomic E-state index is 0.00116. The Kier molecular flexibility index (Phi) is 5.51. The third-order valence-electron chi connectivity index (χ3n) is 5.97. The largest absolute Gasteiger partial charge is 0.484 e. The highest BCUT2D eigenvalue weighted by atomic mass is 32.2. The average Bonchev–Trinajstić information content (AvgIpc) is 3.37. The Hall–Kier alpha value is -0.810. The van der Waals surface area contributed by atoms with Crippen LogP contribution >= 0.6 is 23.5 Å². The van der Waals surface area contributed by atoms with Crippen molar-refractivity contribution in [2.24, 2.45) is 17.8 Å². The fourth-order valence-electron chi connectivity index (χ4n) is 4.73. The lowest BCUT2D eigenvalue weighted by molar-refractivity contribution is -0.124. The summed E-state index contributed by atoms with van der Waals surface area (Å²) in [7, 11) is 0. The Balaban J connectivity index is 1.23. The average molecular weight is 378 g/mol. The smallest absolute Gasteiger partial charge is 0.258 e. The summed E-state index contributed by atoms with van der Waals surface area (Å²) >= 11 is 4.00. The van der Waals surface area contributed by atoms with Crippen molar-refractivity contribution in [3.8, 4) is 5.75 Å². The van der Waals surface area contributed by atoms with E-state index in [1.54, 1.807) is 0 Å². The molecule has 4 rings (SSSR count). The Bertz CT molecular complexity index is 600. The number of carbonyl (C=O) groups excluding carboxylic acids is 1. The summed E-state index contributed by atoms with van der Waals surface area (Å²) in [5.41, 5.74) is 1.34. The highest BCUT2D eigenvalue weighted by Gasteiger charge is 2.42. The van der Waals surface area contributed by atoms with E-state index >= 15 is 0 Å². The molecule has 2 aliphatic carbocycles. The number of hydrogen-bond acceptors (Lipinski definition) is 4. The Morgan fingerprint density at radius 3 is 2.60 bits per heavy atom. The van der Waals surface area contributed by atoms with Gasteiger partial charge < -0.3 is 10.1 Å². The molecule has 1 saturated heterocycles. The molecule has 4 unspecified atom stereocenters. The zero-order chi connectivity index (χ0) is 17.2. The Labute approximate surface area is 159 Å². The first-order valence-electron chi connectivity index (χ1n) is 9.44. The zero-order valence-corrected chi connectivity index (χ0v) is 16.4.